The van der Waals surface area contributed by atoms with Crippen molar-refractivity contribution < 1.29 is 28.1 Å². The van der Waals surface area contributed by atoms with Crippen LogP contribution < -0.4 is 9.47 Å². The molecule has 0 N–H and O–H groups in total. The molecule has 2 heterocycles. The highest BCUT2D eigenvalue weighted by Gasteiger charge is 2.44. The topological polar surface area (TPSA) is 55.4 Å². The van der Waals surface area contributed by atoms with Gasteiger partial charge in [-0.25, -0.2) is 0 Å². The lowest BCUT2D eigenvalue weighted by molar-refractivity contribution is 0.148. The van der Waals surface area contributed by atoms with Crippen molar-refractivity contribution in [1.82, 2.24) is 0 Å². The molecule has 200 valence electrons. The number of ether oxygens (including phenoxy) is 2. The monoisotopic (exact) mass is 532 g/mol. The summed E-state index contributed by atoms with van der Waals surface area (Å²) < 4.78 is 37.4. The van der Waals surface area contributed by atoms with Crippen molar-refractivity contribution in [3.63, 3.8) is 0 Å². The van der Waals surface area contributed by atoms with Crippen LogP contribution in [0.15, 0.2) is 121 Å². The second kappa shape index (κ2) is 13.0. The Morgan fingerprint density at radius 3 is 1.25 bits per heavy atom. The van der Waals surface area contributed by atoms with Gasteiger partial charge in [0.2, 0.25) is 0 Å². The van der Waals surface area contributed by atoms with E-state index < -0.39 is 14.2 Å². The van der Waals surface area contributed by atoms with Crippen LogP contribution in [0.1, 0.15) is 11.1 Å². The van der Waals surface area contributed by atoms with Crippen LogP contribution in [0, 0.1) is 0 Å². The summed E-state index contributed by atoms with van der Waals surface area (Å²) in [5.74, 6) is 1.60. The molecule has 4 aromatic carbocycles. The molecule has 2 aliphatic heterocycles. The van der Waals surface area contributed by atoms with Crippen molar-refractivity contribution in [1.29, 1.82) is 0 Å². The van der Waals surface area contributed by atoms with E-state index >= 15 is 0 Å². The highest BCUT2D eigenvalue weighted by Crippen LogP contribution is 2.36. The number of benzene rings is 4. The molecule has 6 nitrogen and oxygen atoms in total. The van der Waals surface area contributed by atoms with E-state index in [1.807, 2.05) is 97.1 Å². The van der Waals surface area contributed by atoms with E-state index in [-0.39, 0.29) is 12.2 Å². The number of hydrogen-bond donors (Lipinski definition) is 0. The average molecular weight is 532 g/mol. The third kappa shape index (κ3) is 6.49. The molecule has 2 aliphatic rings. The average Bonchev–Trinajstić information content (AvgIpc) is 3.69. The molecule has 0 aliphatic carbocycles. The minimum atomic E-state index is -0.617. The van der Waals surface area contributed by atoms with Crippen molar-refractivity contribution in [2.24, 2.45) is 0 Å². The molecular formula is C32H30B2O6. The summed E-state index contributed by atoms with van der Waals surface area (Å²) in [5, 5.41) is 0. The van der Waals surface area contributed by atoms with Crippen molar-refractivity contribution in [3.8, 4) is 11.5 Å². The van der Waals surface area contributed by atoms with Crippen LogP contribution in [-0.2, 0) is 18.6 Å². The quantitative estimate of drug-likeness (QED) is 0.195. The first-order valence-electron chi connectivity index (χ1n) is 13.6. The largest absolute Gasteiger partial charge is 0.494 e. The zero-order valence-corrected chi connectivity index (χ0v) is 22.1. The van der Waals surface area contributed by atoms with Crippen LogP contribution in [0.5, 0.6) is 11.5 Å². The number of hydrogen-bond acceptors (Lipinski definition) is 6. The fraction of sp³-hybridized carbons (Fsp3) is 0.188. The predicted molar refractivity (Wildman–Crippen MR) is 157 cm³/mol. The molecule has 0 saturated carbocycles. The summed E-state index contributed by atoms with van der Waals surface area (Å²) in [6.45, 7) is 1.60. The van der Waals surface area contributed by atoms with Gasteiger partial charge < -0.3 is 28.1 Å². The van der Waals surface area contributed by atoms with E-state index in [1.54, 1.807) is 0 Å². The number of rotatable bonds is 10. The third-order valence-corrected chi connectivity index (χ3v) is 6.79. The summed E-state index contributed by atoms with van der Waals surface area (Å²) in [5.41, 5.74) is 3.71. The lowest BCUT2D eigenvalue weighted by Crippen LogP contribution is -2.29. The zero-order valence-electron chi connectivity index (χ0n) is 22.1. The molecule has 2 fully saturated rings. The highest BCUT2D eigenvalue weighted by molar-refractivity contribution is 6.82. The van der Waals surface area contributed by atoms with Gasteiger partial charge in [-0.3, -0.25) is 0 Å². The maximum absolute atomic E-state index is 6.45. The van der Waals surface area contributed by atoms with E-state index in [2.05, 4.69) is 24.3 Å². The van der Waals surface area contributed by atoms with E-state index in [0.29, 0.717) is 26.4 Å². The van der Waals surface area contributed by atoms with Crippen LogP contribution in [0.25, 0.3) is 10.9 Å². The second-order valence-corrected chi connectivity index (χ2v) is 9.65. The first kappa shape index (κ1) is 26.4. The predicted octanol–water partition coefficient (Wildman–Crippen LogP) is 5.64. The first-order valence-corrected chi connectivity index (χ1v) is 13.6. The van der Waals surface area contributed by atoms with Crippen molar-refractivity contribution in [2.45, 2.75) is 12.2 Å². The summed E-state index contributed by atoms with van der Waals surface area (Å²) in [6, 6.07) is 39.7. The van der Waals surface area contributed by atoms with Gasteiger partial charge in [-0.15, -0.1) is 0 Å². The summed E-state index contributed by atoms with van der Waals surface area (Å²) >= 11 is 0. The van der Waals surface area contributed by atoms with Gasteiger partial charge in [0.1, 0.15) is 24.7 Å². The van der Waals surface area contributed by atoms with Crippen molar-refractivity contribution >= 4 is 25.2 Å². The van der Waals surface area contributed by atoms with Gasteiger partial charge in [-0.1, -0.05) is 97.1 Å². The molecule has 0 bridgehead atoms. The molecule has 2 saturated heterocycles. The third-order valence-electron chi connectivity index (χ3n) is 6.79. The van der Waals surface area contributed by atoms with Gasteiger partial charge in [-0.2, -0.15) is 0 Å². The van der Waals surface area contributed by atoms with Crippen LogP contribution >= 0.6 is 0 Å². The highest BCUT2D eigenvalue weighted by atomic mass is 16.7. The minimum absolute atomic E-state index is 0.224. The Hall–Kier alpha value is -3.81. The van der Waals surface area contributed by atoms with Gasteiger partial charge in [0, 0.05) is 0 Å². The van der Waals surface area contributed by atoms with E-state index in [1.165, 1.54) is 0 Å². The van der Waals surface area contributed by atoms with Crippen LogP contribution in [-0.4, -0.2) is 52.9 Å². The standard InChI is InChI=1S/C32H30B2O6/c1-5-13-25(14-6-1)31(33-37-23-29(39-33)21-35-27-17-9-3-10-18-27)32(26-15-7-2-8-16-26)34-38-24-30(40-34)22-36-28-19-11-4-12-20-28/h1-20,29-30H,21-24H2/b32-31-. The fourth-order valence-corrected chi connectivity index (χ4v) is 4.86. The Kier molecular flexibility index (Phi) is 8.60. The SMILES string of the molecule is c1ccc(OCC2COB(/C(=C(\B3OCC(COc4ccccc4)O3)c3ccccc3)c3ccccc3)O2)cc1. The molecule has 0 radical (unpaired) electrons. The Bertz CT molecular complexity index is 1260. The first-order chi connectivity index (χ1) is 19.8. The van der Waals surface area contributed by atoms with Crippen molar-refractivity contribution in [3.05, 3.63) is 132 Å². The van der Waals surface area contributed by atoms with Crippen LogP contribution in [0.2, 0.25) is 0 Å². The van der Waals surface area contributed by atoms with Crippen LogP contribution in [0.4, 0.5) is 0 Å². The summed E-state index contributed by atoms with van der Waals surface area (Å²) in [4.78, 5) is 0. The smallest absolute Gasteiger partial charge is 0.491 e. The number of para-hydroxylation sites is 2. The molecule has 4 aromatic rings. The Morgan fingerprint density at radius 1 is 0.525 bits per heavy atom. The van der Waals surface area contributed by atoms with E-state index in [0.717, 1.165) is 33.6 Å². The molecule has 2 unspecified atom stereocenters. The molecular weight excluding hydrogens is 502 g/mol. The Morgan fingerprint density at radius 2 is 0.875 bits per heavy atom. The molecule has 0 spiro atoms. The Balaban J connectivity index is 1.27. The van der Waals surface area contributed by atoms with Gasteiger partial charge >= 0.3 is 14.2 Å². The minimum Gasteiger partial charge on any atom is -0.491 e. The lowest BCUT2D eigenvalue weighted by Gasteiger charge is -2.20. The molecule has 40 heavy (non-hydrogen) atoms. The maximum atomic E-state index is 6.45. The second-order valence-electron chi connectivity index (χ2n) is 9.65. The molecule has 0 aromatic heterocycles. The summed E-state index contributed by atoms with van der Waals surface area (Å²) in [6.07, 6.45) is -0.447. The molecule has 2 atom stereocenters. The van der Waals surface area contributed by atoms with Gasteiger partial charge in [0.15, 0.2) is 0 Å². The van der Waals surface area contributed by atoms with Gasteiger partial charge in [0.05, 0.1) is 25.4 Å². The molecule has 8 heteroatoms. The molecule has 0 amide bonds. The van der Waals surface area contributed by atoms with Gasteiger partial charge in [0.25, 0.3) is 0 Å². The van der Waals surface area contributed by atoms with E-state index in [4.69, 9.17) is 28.1 Å². The maximum Gasteiger partial charge on any atom is 0.494 e. The zero-order chi connectivity index (χ0) is 27.0. The Labute approximate surface area is 235 Å². The van der Waals surface area contributed by atoms with Gasteiger partial charge in [-0.05, 0) is 46.3 Å². The summed E-state index contributed by atoms with van der Waals surface area (Å²) in [7, 11) is -1.23. The normalized spacial score (nSPS) is 19.4. The molecule has 6 rings (SSSR count). The fourth-order valence-electron chi connectivity index (χ4n) is 4.86. The van der Waals surface area contributed by atoms with Crippen molar-refractivity contribution in [2.75, 3.05) is 26.4 Å². The van der Waals surface area contributed by atoms with E-state index in [9.17, 15) is 0 Å². The van der Waals surface area contributed by atoms with Crippen LogP contribution in [0.3, 0.4) is 0 Å². The lowest BCUT2D eigenvalue weighted by atomic mass is 9.60.